The molecule has 1 aliphatic carbocycles. The summed E-state index contributed by atoms with van der Waals surface area (Å²) in [6, 6.07) is 16.5. The van der Waals surface area contributed by atoms with Gasteiger partial charge in [0.1, 0.15) is 11.5 Å². The number of ether oxygens (including phenoxy) is 2. The monoisotopic (exact) mass is 338 g/mol. The molecule has 0 aliphatic heterocycles. The van der Waals surface area contributed by atoms with Gasteiger partial charge in [-0.2, -0.15) is 0 Å². The molecule has 132 valence electrons. The van der Waals surface area contributed by atoms with Gasteiger partial charge in [0.25, 0.3) is 0 Å². The Morgan fingerprint density at radius 3 is 2.04 bits per heavy atom. The molecule has 2 aromatic rings. The van der Waals surface area contributed by atoms with Crippen LogP contribution in [0.25, 0.3) is 0 Å². The fraction of sp³-hybridized carbons (Fsp3) is 0.409. The van der Waals surface area contributed by atoms with Crippen LogP contribution in [-0.2, 0) is 10.2 Å². The van der Waals surface area contributed by atoms with Crippen LogP contribution in [0.3, 0.4) is 0 Å². The molecule has 0 N–H and O–H groups in total. The predicted molar refractivity (Wildman–Crippen MR) is 99.2 cm³/mol. The minimum Gasteiger partial charge on any atom is -0.497 e. The Labute approximate surface area is 150 Å². The normalized spacial score (nSPS) is 23.1. The first-order valence-electron chi connectivity index (χ1n) is 8.97. The highest BCUT2D eigenvalue weighted by molar-refractivity contribution is 5.69. The van der Waals surface area contributed by atoms with Crippen LogP contribution < -0.4 is 9.47 Å². The molecule has 0 spiro atoms. The molecule has 1 aliphatic rings. The fourth-order valence-corrected chi connectivity index (χ4v) is 4.16. The highest BCUT2D eigenvalue weighted by atomic mass is 16.5. The third kappa shape index (κ3) is 3.71. The Balaban J connectivity index is 2.00. The van der Waals surface area contributed by atoms with Gasteiger partial charge >= 0.3 is 5.97 Å². The highest BCUT2D eigenvalue weighted by Gasteiger charge is 2.38. The predicted octanol–water partition coefficient (Wildman–Crippen LogP) is 5.12. The van der Waals surface area contributed by atoms with Gasteiger partial charge in [-0.15, -0.1) is 0 Å². The molecule has 0 heterocycles. The minimum absolute atomic E-state index is 0.0126. The molecule has 0 amide bonds. The number of hydrogen-bond donors (Lipinski definition) is 0. The molecule has 3 rings (SSSR count). The van der Waals surface area contributed by atoms with E-state index in [1.165, 1.54) is 30.9 Å². The molecule has 2 atom stereocenters. The van der Waals surface area contributed by atoms with Gasteiger partial charge in [0.05, 0.1) is 7.11 Å². The van der Waals surface area contributed by atoms with Crippen molar-refractivity contribution in [3.8, 4) is 11.5 Å². The molecule has 25 heavy (non-hydrogen) atoms. The van der Waals surface area contributed by atoms with E-state index in [0.717, 1.165) is 18.6 Å². The first kappa shape index (κ1) is 17.5. The summed E-state index contributed by atoms with van der Waals surface area (Å²) in [7, 11) is 1.70. The Kier molecular flexibility index (Phi) is 5.12. The molecule has 0 aromatic heterocycles. The lowest BCUT2D eigenvalue weighted by Gasteiger charge is -2.41. The lowest BCUT2D eigenvalue weighted by molar-refractivity contribution is -0.131. The molecule has 2 aromatic carbocycles. The molecule has 0 radical (unpaired) electrons. The van der Waals surface area contributed by atoms with Crippen LogP contribution in [0.5, 0.6) is 11.5 Å². The van der Waals surface area contributed by atoms with Gasteiger partial charge in [0, 0.05) is 12.3 Å². The zero-order valence-corrected chi connectivity index (χ0v) is 15.2. The fourth-order valence-electron chi connectivity index (χ4n) is 4.16. The highest BCUT2D eigenvalue weighted by Crippen LogP contribution is 2.47. The van der Waals surface area contributed by atoms with E-state index in [1.54, 1.807) is 7.11 Å². The summed E-state index contributed by atoms with van der Waals surface area (Å²) in [6.07, 6.45) is 4.77. The maximum absolute atomic E-state index is 11.2. The number of esters is 1. The van der Waals surface area contributed by atoms with Gasteiger partial charge in [0.2, 0.25) is 0 Å². The number of carbonyl (C=O) groups excluding carboxylic acids is 1. The molecule has 1 fully saturated rings. The first-order valence-corrected chi connectivity index (χ1v) is 8.97. The van der Waals surface area contributed by atoms with Crippen LogP contribution in [0.4, 0.5) is 0 Å². The van der Waals surface area contributed by atoms with Crippen molar-refractivity contribution in [3.05, 3.63) is 59.7 Å². The third-order valence-corrected chi connectivity index (χ3v) is 5.31. The molecule has 0 saturated heterocycles. The van der Waals surface area contributed by atoms with E-state index in [1.807, 2.05) is 24.3 Å². The van der Waals surface area contributed by atoms with Gasteiger partial charge in [-0.25, -0.2) is 0 Å². The first-order chi connectivity index (χ1) is 12.0. The van der Waals surface area contributed by atoms with E-state index in [2.05, 4.69) is 31.2 Å². The summed E-state index contributed by atoms with van der Waals surface area (Å²) < 4.78 is 10.5. The summed E-state index contributed by atoms with van der Waals surface area (Å²) in [5, 5.41) is 0. The largest absolute Gasteiger partial charge is 0.497 e. The Morgan fingerprint density at radius 1 is 1.00 bits per heavy atom. The smallest absolute Gasteiger partial charge is 0.308 e. The van der Waals surface area contributed by atoms with E-state index >= 15 is 0 Å². The van der Waals surface area contributed by atoms with Crippen molar-refractivity contribution in [3.63, 3.8) is 0 Å². The Morgan fingerprint density at radius 2 is 1.56 bits per heavy atom. The minimum atomic E-state index is -0.288. The van der Waals surface area contributed by atoms with E-state index in [9.17, 15) is 4.79 Å². The molecule has 3 nitrogen and oxygen atoms in total. The van der Waals surface area contributed by atoms with Gasteiger partial charge < -0.3 is 9.47 Å². The van der Waals surface area contributed by atoms with E-state index in [4.69, 9.17) is 9.47 Å². The molecular weight excluding hydrogens is 312 g/mol. The maximum atomic E-state index is 11.2. The Hall–Kier alpha value is -2.29. The second kappa shape index (κ2) is 7.30. The van der Waals surface area contributed by atoms with Gasteiger partial charge in [0.15, 0.2) is 0 Å². The summed E-state index contributed by atoms with van der Waals surface area (Å²) >= 11 is 0. The number of methoxy groups -OCH3 is 1. The number of benzene rings is 2. The van der Waals surface area contributed by atoms with Crippen LogP contribution in [0.2, 0.25) is 0 Å². The van der Waals surface area contributed by atoms with Crippen molar-refractivity contribution < 1.29 is 14.3 Å². The van der Waals surface area contributed by atoms with Crippen molar-refractivity contribution in [1.29, 1.82) is 0 Å². The van der Waals surface area contributed by atoms with Crippen molar-refractivity contribution in [2.45, 2.75) is 44.9 Å². The molecular formula is C22H26O3. The second-order valence-corrected chi connectivity index (χ2v) is 7.13. The van der Waals surface area contributed by atoms with E-state index < -0.39 is 0 Å². The van der Waals surface area contributed by atoms with Crippen molar-refractivity contribution in [2.75, 3.05) is 7.11 Å². The average molecular weight is 338 g/mol. The van der Waals surface area contributed by atoms with Crippen LogP contribution >= 0.6 is 0 Å². The van der Waals surface area contributed by atoms with Crippen LogP contribution in [0, 0.1) is 5.92 Å². The summed E-state index contributed by atoms with van der Waals surface area (Å²) in [6.45, 7) is 3.76. The van der Waals surface area contributed by atoms with Crippen LogP contribution in [-0.4, -0.2) is 13.1 Å². The summed E-state index contributed by atoms with van der Waals surface area (Å²) in [4.78, 5) is 11.2. The lowest BCUT2D eigenvalue weighted by Crippen LogP contribution is -2.33. The van der Waals surface area contributed by atoms with Crippen molar-refractivity contribution in [2.24, 2.45) is 5.92 Å². The SMILES string of the molecule is COc1ccc(C2(c3ccc(OC(C)=O)cc3)CCCC(C)C2)cc1. The lowest BCUT2D eigenvalue weighted by atomic mass is 9.62. The van der Waals surface area contributed by atoms with Gasteiger partial charge in [-0.3, -0.25) is 4.79 Å². The zero-order chi connectivity index (χ0) is 17.9. The van der Waals surface area contributed by atoms with Gasteiger partial charge in [-0.1, -0.05) is 44.0 Å². The standard InChI is InChI=1S/C22H26O3/c1-16-5-4-14-22(15-16,18-6-10-20(24-3)11-7-18)19-8-12-21(13-9-19)25-17(2)23/h6-13,16H,4-5,14-15H2,1-3H3. The van der Waals surface area contributed by atoms with Crippen LogP contribution in [0.1, 0.15) is 50.7 Å². The van der Waals surface area contributed by atoms with Crippen LogP contribution in [0.15, 0.2) is 48.5 Å². The van der Waals surface area contributed by atoms with Crippen molar-refractivity contribution >= 4 is 5.97 Å². The van der Waals surface area contributed by atoms with Crippen molar-refractivity contribution in [1.82, 2.24) is 0 Å². The molecule has 1 saturated carbocycles. The molecule has 3 heteroatoms. The number of rotatable bonds is 4. The number of carbonyl (C=O) groups is 1. The third-order valence-electron chi connectivity index (χ3n) is 5.31. The maximum Gasteiger partial charge on any atom is 0.308 e. The quantitative estimate of drug-likeness (QED) is 0.573. The summed E-state index contributed by atoms with van der Waals surface area (Å²) in [5.74, 6) is 1.88. The zero-order valence-electron chi connectivity index (χ0n) is 15.2. The Bertz CT molecular complexity index is 718. The number of hydrogen-bond acceptors (Lipinski definition) is 3. The topological polar surface area (TPSA) is 35.5 Å². The average Bonchev–Trinajstić information content (AvgIpc) is 2.62. The molecule has 0 bridgehead atoms. The second-order valence-electron chi connectivity index (χ2n) is 7.13. The molecule has 2 unspecified atom stereocenters. The van der Waals surface area contributed by atoms with Gasteiger partial charge in [-0.05, 0) is 54.2 Å². The van der Waals surface area contributed by atoms with E-state index in [-0.39, 0.29) is 11.4 Å². The summed E-state index contributed by atoms with van der Waals surface area (Å²) in [5.41, 5.74) is 2.64. The van der Waals surface area contributed by atoms with E-state index in [0.29, 0.717) is 11.7 Å².